The van der Waals surface area contributed by atoms with Crippen LogP contribution in [0.3, 0.4) is 0 Å². The highest BCUT2D eigenvalue weighted by Crippen LogP contribution is 2.22. The minimum absolute atomic E-state index is 0.231. The summed E-state index contributed by atoms with van der Waals surface area (Å²) >= 11 is 0. The van der Waals surface area contributed by atoms with Crippen molar-refractivity contribution in [1.82, 2.24) is 15.5 Å². The highest BCUT2D eigenvalue weighted by atomic mass is 16.2. The number of nitrogens with one attached hydrogen (secondary N) is 2. The third-order valence-electron chi connectivity index (χ3n) is 3.77. The van der Waals surface area contributed by atoms with Crippen molar-refractivity contribution < 1.29 is 9.59 Å². The van der Waals surface area contributed by atoms with Crippen LogP contribution in [0.25, 0.3) is 0 Å². The molecule has 1 saturated carbocycles. The Hall–Kier alpha value is -1.14. The van der Waals surface area contributed by atoms with Gasteiger partial charge in [-0.1, -0.05) is 6.92 Å². The summed E-state index contributed by atoms with van der Waals surface area (Å²) in [6.45, 7) is 3.72. The number of carbonyl (C=O) groups excluding carboxylic acids is 2. The number of amides is 3. The highest BCUT2D eigenvalue weighted by Gasteiger charge is 2.23. The molecule has 0 aromatic rings. The number of nitrogens with two attached hydrogens (primary N) is 1. The van der Waals surface area contributed by atoms with Crippen molar-refractivity contribution in [1.29, 1.82) is 0 Å². The predicted octanol–water partition coefficient (Wildman–Crippen LogP) is 0.424. The Morgan fingerprint density at radius 2 is 1.89 bits per heavy atom. The molecular weight excluding hydrogens is 244 g/mol. The van der Waals surface area contributed by atoms with Gasteiger partial charge in [-0.05, 0) is 32.2 Å². The van der Waals surface area contributed by atoms with Gasteiger partial charge in [-0.3, -0.25) is 10.1 Å². The molecule has 0 aliphatic heterocycles. The van der Waals surface area contributed by atoms with Crippen molar-refractivity contribution in [2.24, 2.45) is 5.73 Å². The van der Waals surface area contributed by atoms with Crippen LogP contribution in [0.2, 0.25) is 0 Å². The van der Waals surface area contributed by atoms with Crippen LogP contribution >= 0.6 is 0 Å². The lowest BCUT2D eigenvalue weighted by atomic mass is 9.90. The van der Waals surface area contributed by atoms with E-state index in [0.717, 1.165) is 32.2 Å². The van der Waals surface area contributed by atoms with E-state index in [9.17, 15) is 9.59 Å². The Balaban J connectivity index is 2.32. The molecule has 1 rings (SSSR count). The summed E-state index contributed by atoms with van der Waals surface area (Å²) in [5.74, 6) is -0.231. The maximum absolute atomic E-state index is 11.5. The maximum atomic E-state index is 11.5. The van der Waals surface area contributed by atoms with Gasteiger partial charge in [-0.25, -0.2) is 4.79 Å². The smallest absolute Gasteiger partial charge is 0.321 e. The zero-order valence-corrected chi connectivity index (χ0v) is 11.9. The maximum Gasteiger partial charge on any atom is 0.321 e. The van der Waals surface area contributed by atoms with E-state index < -0.39 is 6.03 Å². The molecule has 3 amide bonds. The number of rotatable bonds is 5. The van der Waals surface area contributed by atoms with E-state index in [1.54, 1.807) is 0 Å². The third-order valence-corrected chi connectivity index (χ3v) is 3.77. The molecule has 6 heteroatoms. The van der Waals surface area contributed by atoms with Gasteiger partial charge in [0, 0.05) is 32.1 Å². The molecule has 0 heterocycles. The lowest BCUT2D eigenvalue weighted by Crippen LogP contribution is -2.43. The minimum atomic E-state index is -0.448. The zero-order valence-electron chi connectivity index (χ0n) is 11.9. The summed E-state index contributed by atoms with van der Waals surface area (Å²) in [7, 11) is 1.49. The average Bonchev–Trinajstić information content (AvgIpc) is 2.41. The molecule has 19 heavy (non-hydrogen) atoms. The molecule has 0 atom stereocenters. The van der Waals surface area contributed by atoms with Gasteiger partial charge in [-0.2, -0.15) is 0 Å². The molecule has 0 unspecified atom stereocenters. The third kappa shape index (κ3) is 5.57. The summed E-state index contributed by atoms with van der Waals surface area (Å²) in [5.41, 5.74) is 5.90. The Morgan fingerprint density at radius 1 is 1.26 bits per heavy atom. The van der Waals surface area contributed by atoms with E-state index in [-0.39, 0.29) is 5.91 Å². The van der Waals surface area contributed by atoms with Crippen molar-refractivity contribution in [2.75, 3.05) is 20.1 Å². The molecule has 1 fully saturated rings. The lowest BCUT2D eigenvalue weighted by molar-refractivity contribution is -0.120. The SMILES string of the molecule is CCN(CCC(=O)NC(=O)NC)C1CCC(N)CC1. The largest absolute Gasteiger partial charge is 0.341 e. The van der Waals surface area contributed by atoms with Crippen LogP contribution in [-0.2, 0) is 4.79 Å². The first-order valence-electron chi connectivity index (χ1n) is 7.08. The van der Waals surface area contributed by atoms with Crippen LogP contribution in [0.5, 0.6) is 0 Å². The van der Waals surface area contributed by atoms with Crippen LogP contribution < -0.4 is 16.4 Å². The molecule has 0 saturated heterocycles. The van der Waals surface area contributed by atoms with Crippen LogP contribution in [0.1, 0.15) is 39.0 Å². The van der Waals surface area contributed by atoms with Gasteiger partial charge >= 0.3 is 6.03 Å². The van der Waals surface area contributed by atoms with Crippen molar-refractivity contribution in [3.63, 3.8) is 0 Å². The number of nitrogens with zero attached hydrogens (tertiary/aromatic N) is 1. The second-order valence-electron chi connectivity index (χ2n) is 5.07. The standard InChI is InChI=1S/C13H26N4O2/c1-3-17(11-6-4-10(14)5-7-11)9-8-12(18)16-13(19)15-2/h10-11H,3-9,14H2,1-2H3,(H2,15,16,18,19). The summed E-state index contributed by atoms with van der Waals surface area (Å²) in [6.07, 6.45) is 4.68. The van der Waals surface area contributed by atoms with Crippen LogP contribution in [0.4, 0.5) is 4.79 Å². The second-order valence-corrected chi connectivity index (χ2v) is 5.07. The fraction of sp³-hybridized carbons (Fsp3) is 0.846. The second kappa shape index (κ2) is 8.12. The molecule has 0 spiro atoms. The summed E-state index contributed by atoms with van der Waals surface area (Å²) in [6, 6.07) is 0.417. The predicted molar refractivity (Wildman–Crippen MR) is 74.7 cm³/mol. The van der Waals surface area contributed by atoms with Gasteiger partial charge in [0.25, 0.3) is 0 Å². The minimum Gasteiger partial charge on any atom is -0.341 e. The molecule has 1 aliphatic rings. The first-order valence-corrected chi connectivity index (χ1v) is 7.08. The van der Waals surface area contributed by atoms with Crippen molar-refractivity contribution in [3.8, 4) is 0 Å². The van der Waals surface area contributed by atoms with E-state index in [1.165, 1.54) is 7.05 Å². The fourth-order valence-corrected chi connectivity index (χ4v) is 2.56. The highest BCUT2D eigenvalue weighted by molar-refractivity contribution is 5.94. The number of urea groups is 1. The van der Waals surface area contributed by atoms with Crippen molar-refractivity contribution in [3.05, 3.63) is 0 Å². The number of hydrogen-bond acceptors (Lipinski definition) is 4. The number of imide groups is 1. The van der Waals surface area contributed by atoms with E-state index in [1.807, 2.05) is 0 Å². The molecule has 0 bridgehead atoms. The molecule has 110 valence electrons. The van der Waals surface area contributed by atoms with E-state index in [4.69, 9.17) is 5.73 Å². The molecule has 0 aromatic carbocycles. The van der Waals surface area contributed by atoms with Gasteiger partial charge in [0.05, 0.1) is 0 Å². The van der Waals surface area contributed by atoms with Crippen molar-refractivity contribution >= 4 is 11.9 Å². The number of carbonyl (C=O) groups is 2. The quantitative estimate of drug-likeness (QED) is 0.676. The van der Waals surface area contributed by atoms with Gasteiger partial charge in [-0.15, -0.1) is 0 Å². The Morgan fingerprint density at radius 3 is 2.42 bits per heavy atom. The molecule has 4 N–H and O–H groups in total. The van der Waals surface area contributed by atoms with Gasteiger partial charge in [0.1, 0.15) is 0 Å². The van der Waals surface area contributed by atoms with Crippen molar-refractivity contribution in [2.45, 2.75) is 51.1 Å². The molecule has 6 nitrogen and oxygen atoms in total. The first-order chi connectivity index (χ1) is 9.06. The van der Waals surface area contributed by atoms with Crippen LogP contribution in [0.15, 0.2) is 0 Å². The lowest BCUT2D eigenvalue weighted by Gasteiger charge is -2.35. The average molecular weight is 270 g/mol. The van der Waals surface area contributed by atoms with Gasteiger partial charge < -0.3 is 16.0 Å². The Kier molecular flexibility index (Phi) is 6.80. The van der Waals surface area contributed by atoms with Gasteiger partial charge in [0.2, 0.25) is 5.91 Å². The molecule has 1 aliphatic carbocycles. The monoisotopic (exact) mass is 270 g/mol. The summed E-state index contributed by atoms with van der Waals surface area (Å²) in [5, 5.41) is 4.65. The summed E-state index contributed by atoms with van der Waals surface area (Å²) in [4.78, 5) is 24.9. The normalized spacial score (nSPS) is 23.2. The van der Waals surface area contributed by atoms with Crippen LogP contribution in [0, 0.1) is 0 Å². The zero-order chi connectivity index (χ0) is 14.3. The van der Waals surface area contributed by atoms with E-state index in [2.05, 4.69) is 22.5 Å². The summed E-state index contributed by atoms with van der Waals surface area (Å²) < 4.78 is 0. The molecule has 0 radical (unpaired) electrons. The van der Waals surface area contributed by atoms with Gasteiger partial charge in [0.15, 0.2) is 0 Å². The number of hydrogen-bond donors (Lipinski definition) is 3. The topological polar surface area (TPSA) is 87.5 Å². The first kappa shape index (κ1) is 15.9. The molecule has 0 aromatic heterocycles. The Bertz CT molecular complexity index is 301. The van der Waals surface area contributed by atoms with Crippen LogP contribution in [-0.4, -0.2) is 49.1 Å². The fourth-order valence-electron chi connectivity index (χ4n) is 2.56. The van der Waals surface area contributed by atoms with E-state index >= 15 is 0 Å². The van der Waals surface area contributed by atoms with E-state index in [0.29, 0.717) is 25.0 Å². The Labute approximate surface area is 115 Å². The molecular formula is C13H26N4O2.